The summed E-state index contributed by atoms with van der Waals surface area (Å²) < 4.78 is 9.64. The number of nitrogens with zero attached hydrogens (tertiary/aromatic N) is 3. The van der Waals surface area contributed by atoms with Gasteiger partial charge in [0.25, 0.3) is 5.91 Å². The molecule has 2 aliphatic rings. The topological polar surface area (TPSA) is 152 Å². The van der Waals surface area contributed by atoms with Crippen LogP contribution in [0, 0.1) is 6.92 Å². The van der Waals surface area contributed by atoms with Gasteiger partial charge in [0.2, 0.25) is 11.8 Å². The van der Waals surface area contributed by atoms with Gasteiger partial charge in [-0.2, -0.15) is 4.98 Å². The third kappa shape index (κ3) is 3.79. The van der Waals surface area contributed by atoms with Gasteiger partial charge in [0.05, 0.1) is 6.42 Å². The Labute approximate surface area is 157 Å². The second-order valence-corrected chi connectivity index (χ2v) is 7.00. The van der Waals surface area contributed by atoms with E-state index in [4.69, 9.17) is 9.26 Å². The number of carbonyl (C=O) groups excluding carboxylic acids is 3. The number of carboxylic acid groups (broad SMARTS) is 1. The average Bonchev–Trinajstić information content (AvgIpc) is 3.01. The van der Waals surface area contributed by atoms with Crippen LogP contribution in [0.4, 0.5) is 0 Å². The van der Waals surface area contributed by atoms with Crippen LogP contribution in [0.15, 0.2) is 15.8 Å². The first-order valence-corrected chi connectivity index (χ1v) is 8.94. The Balaban J connectivity index is 1.68. The van der Waals surface area contributed by atoms with Crippen molar-refractivity contribution in [3.8, 4) is 0 Å². The maximum atomic E-state index is 12.4. The summed E-state index contributed by atoms with van der Waals surface area (Å²) in [5, 5.41) is 15.1. The van der Waals surface area contributed by atoms with Crippen molar-refractivity contribution < 1.29 is 33.5 Å². The summed E-state index contributed by atoms with van der Waals surface area (Å²) in [6.07, 6.45) is -0.155. The largest absolute Gasteiger partial charge is 0.477 e. The summed E-state index contributed by atoms with van der Waals surface area (Å²) in [5.74, 6) is -2.06. The summed E-state index contributed by atoms with van der Waals surface area (Å²) in [6.45, 7) is 2.60. The molecular formula is C15H16N4O7S. The lowest BCUT2D eigenvalue weighted by molar-refractivity contribution is -0.151. The fourth-order valence-electron chi connectivity index (χ4n) is 2.76. The molecule has 0 spiro atoms. The summed E-state index contributed by atoms with van der Waals surface area (Å²) in [6, 6.07) is -0.847. The van der Waals surface area contributed by atoms with Crippen molar-refractivity contribution in [2.24, 2.45) is 0 Å². The number of hydrogen-bond acceptors (Lipinski definition) is 9. The predicted octanol–water partition coefficient (Wildman–Crippen LogP) is -0.778. The SMILES string of the molecule is CC(=O)OCC1=C(C(=O)O)N2C(=O)C(NC(=O)Cc3noc(C)n3)[C@H]2SC1. The van der Waals surface area contributed by atoms with Gasteiger partial charge in [0.1, 0.15) is 23.7 Å². The number of aliphatic carboxylic acids is 1. The van der Waals surface area contributed by atoms with Crippen molar-refractivity contribution in [1.29, 1.82) is 0 Å². The Morgan fingerprint density at radius 2 is 2.19 bits per heavy atom. The number of esters is 1. The highest BCUT2D eigenvalue weighted by Gasteiger charge is 2.54. The highest BCUT2D eigenvalue weighted by molar-refractivity contribution is 8.00. The van der Waals surface area contributed by atoms with Gasteiger partial charge in [-0.1, -0.05) is 5.16 Å². The number of aromatic nitrogens is 2. The molecule has 11 nitrogen and oxygen atoms in total. The molecule has 0 bridgehead atoms. The van der Waals surface area contributed by atoms with Crippen molar-refractivity contribution >= 4 is 35.5 Å². The predicted molar refractivity (Wildman–Crippen MR) is 89.1 cm³/mol. The zero-order chi connectivity index (χ0) is 19.7. The number of fused-ring (bicyclic) bond motifs is 1. The molecule has 0 aromatic carbocycles. The Bertz CT molecular complexity index is 849. The molecule has 1 saturated heterocycles. The standard InChI is InChI=1S/C15H16N4O7S/c1-6-16-9(18-26-6)3-10(21)17-11-13(22)19-12(15(23)24)8(4-25-7(2)20)5-27-14(11)19/h11,14H,3-5H2,1-2H3,(H,17,21)(H,23,24)/t11?,14-/m1/s1. The number of nitrogens with one attached hydrogen (secondary N) is 1. The number of β-lactam (4-membered cyclic amide) rings is 1. The molecule has 3 rings (SSSR count). The summed E-state index contributed by atoms with van der Waals surface area (Å²) in [7, 11) is 0. The van der Waals surface area contributed by atoms with E-state index in [2.05, 4.69) is 15.5 Å². The second-order valence-electron chi connectivity index (χ2n) is 5.90. The van der Waals surface area contributed by atoms with Gasteiger partial charge in [-0.3, -0.25) is 19.3 Å². The molecule has 12 heteroatoms. The van der Waals surface area contributed by atoms with E-state index >= 15 is 0 Å². The van der Waals surface area contributed by atoms with Crippen LogP contribution in [0.25, 0.3) is 0 Å². The third-order valence-corrected chi connectivity index (χ3v) is 5.24. The van der Waals surface area contributed by atoms with Crippen molar-refractivity contribution in [2.45, 2.75) is 31.7 Å². The average molecular weight is 396 g/mol. The van der Waals surface area contributed by atoms with Gasteiger partial charge >= 0.3 is 11.9 Å². The lowest BCUT2D eigenvalue weighted by Gasteiger charge is -2.49. The highest BCUT2D eigenvalue weighted by atomic mass is 32.2. The fraction of sp³-hybridized carbons (Fsp3) is 0.467. The molecular weight excluding hydrogens is 380 g/mol. The van der Waals surface area contributed by atoms with Crippen LogP contribution in [-0.2, 0) is 30.3 Å². The van der Waals surface area contributed by atoms with Gasteiger partial charge < -0.3 is 19.7 Å². The molecule has 1 aromatic rings. The number of ether oxygens (including phenoxy) is 1. The number of amides is 2. The molecule has 2 amide bonds. The van der Waals surface area contributed by atoms with E-state index < -0.39 is 35.2 Å². The zero-order valence-electron chi connectivity index (χ0n) is 14.4. The minimum absolute atomic E-state index is 0.155. The molecule has 27 heavy (non-hydrogen) atoms. The van der Waals surface area contributed by atoms with Crippen molar-refractivity contribution in [3.05, 3.63) is 23.0 Å². The third-order valence-electron chi connectivity index (χ3n) is 3.90. The number of thioether (sulfide) groups is 1. The van der Waals surface area contributed by atoms with Crippen molar-refractivity contribution in [2.75, 3.05) is 12.4 Å². The Morgan fingerprint density at radius 3 is 2.78 bits per heavy atom. The first-order valence-electron chi connectivity index (χ1n) is 7.90. The summed E-state index contributed by atoms with van der Waals surface area (Å²) >= 11 is 1.29. The maximum Gasteiger partial charge on any atom is 0.352 e. The summed E-state index contributed by atoms with van der Waals surface area (Å²) in [4.78, 5) is 52.1. The minimum atomic E-state index is -1.29. The monoisotopic (exact) mass is 396 g/mol. The number of hydrogen-bond donors (Lipinski definition) is 2. The van der Waals surface area contributed by atoms with Gasteiger partial charge in [-0.25, -0.2) is 4.79 Å². The first-order chi connectivity index (χ1) is 12.8. The summed E-state index contributed by atoms with van der Waals surface area (Å²) in [5.41, 5.74) is 0.128. The molecule has 0 saturated carbocycles. The van der Waals surface area contributed by atoms with Gasteiger partial charge in [-0.15, -0.1) is 11.8 Å². The molecule has 2 N–H and O–H groups in total. The van der Waals surface area contributed by atoms with Crippen LogP contribution in [0.1, 0.15) is 18.6 Å². The van der Waals surface area contributed by atoms with Crippen LogP contribution in [-0.4, -0.2) is 67.7 Å². The molecule has 1 aromatic heterocycles. The minimum Gasteiger partial charge on any atom is -0.477 e. The number of rotatable bonds is 6. The highest BCUT2D eigenvalue weighted by Crippen LogP contribution is 2.40. The van der Waals surface area contributed by atoms with E-state index in [0.29, 0.717) is 11.5 Å². The lowest BCUT2D eigenvalue weighted by Crippen LogP contribution is -2.70. The van der Waals surface area contributed by atoms with Crippen LogP contribution in [0.3, 0.4) is 0 Å². The zero-order valence-corrected chi connectivity index (χ0v) is 15.2. The van der Waals surface area contributed by atoms with Gasteiger partial charge in [0, 0.05) is 25.2 Å². The van der Waals surface area contributed by atoms with E-state index in [9.17, 15) is 24.3 Å². The second kappa shape index (κ2) is 7.39. The molecule has 1 unspecified atom stereocenters. The van der Waals surface area contributed by atoms with E-state index in [0.717, 1.165) is 4.90 Å². The van der Waals surface area contributed by atoms with E-state index in [1.807, 2.05) is 0 Å². The first kappa shape index (κ1) is 18.9. The number of carbonyl (C=O) groups is 4. The molecule has 144 valence electrons. The Hall–Kier alpha value is -2.89. The van der Waals surface area contributed by atoms with Crippen LogP contribution in [0.2, 0.25) is 0 Å². The normalized spacial score (nSPS) is 21.4. The van der Waals surface area contributed by atoms with Crippen LogP contribution < -0.4 is 5.32 Å². The van der Waals surface area contributed by atoms with Crippen molar-refractivity contribution in [3.63, 3.8) is 0 Å². The molecule has 0 aliphatic carbocycles. The van der Waals surface area contributed by atoms with E-state index in [-0.39, 0.29) is 30.3 Å². The van der Waals surface area contributed by atoms with Gasteiger partial charge in [-0.05, 0) is 0 Å². The molecule has 1 fully saturated rings. The smallest absolute Gasteiger partial charge is 0.352 e. The quantitative estimate of drug-likeness (QED) is 0.463. The van der Waals surface area contributed by atoms with E-state index in [1.165, 1.54) is 18.7 Å². The van der Waals surface area contributed by atoms with E-state index in [1.54, 1.807) is 6.92 Å². The molecule has 0 radical (unpaired) electrons. The van der Waals surface area contributed by atoms with Gasteiger partial charge in [0.15, 0.2) is 5.82 Å². The fourth-order valence-corrected chi connectivity index (χ4v) is 4.09. The molecule has 2 aliphatic heterocycles. The molecule has 2 atom stereocenters. The van der Waals surface area contributed by atoms with Crippen LogP contribution >= 0.6 is 11.8 Å². The van der Waals surface area contributed by atoms with Crippen molar-refractivity contribution in [1.82, 2.24) is 20.4 Å². The number of carboxylic acids is 1. The Kier molecular flexibility index (Phi) is 5.17. The molecule has 3 heterocycles. The Morgan fingerprint density at radius 1 is 1.44 bits per heavy atom. The lowest BCUT2D eigenvalue weighted by atomic mass is 10.0. The maximum absolute atomic E-state index is 12.4. The number of aryl methyl sites for hydroxylation is 1. The van der Waals surface area contributed by atoms with Crippen LogP contribution in [0.5, 0.6) is 0 Å².